The van der Waals surface area contributed by atoms with Gasteiger partial charge in [0.25, 0.3) is 0 Å². The molecule has 2 nitrogen and oxygen atoms in total. The maximum Gasteiger partial charge on any atom is 0.302 e. The number of hydrogen-bond donors (Lipinski definition) is 0. The smallest absolute Gasteiger partial charge is 0.302 e. The van der Waals surface area contributed by atoms with Gasteiger partial charge in [0.05, 0.1) is 0 Å². The maximum atomic E-state index is 11.5. The van der Waals surface area contributed by atoms with E-state index in [1.165, 1.54) is 57.8 Å². The molecule has 6 fully saturated rings. The minimum absolute atomic E-state index is 0.0756. The number of rotatable bonds is 2. The fraction of sp³-hybridized carbons (Fsp3) is 0.964. The van der Waals surface area contributed by atoms with Crippen LogP contribution in [0, 0.1) is 58.2 Å². The van der Waals surface area contributed by atoms with Crippen LogP contribution in [0.5, 0.6) is 0 Å². The van der Waals surface area contributed by atoms with Gasteiger partial charge in [0, 0.05) is 6.92 Å². The highest BCUT2D eigenvalue weighted by molar-refractivity contribution is 5.66. The first-order chi connectivity index (χ1) is 14.4. The lowest BCUT2D eigenvalue weighted by molar-refractivity contribution is -0.152. The lowest BCUT2D eigenvalue weighted by atomic mass is 9.46. The summed E-state index contributed by atoms with van der Waals surface area (Å²) in [5.74, 6) is 7.89. The summed E-state index contributed by atoms with van der Waals surface area (Å²) in [6, 6.07) is 0. The Hall–Kier alpha value is -0.530. The molecule has 0 radical (unpaired) electrons. The summed E-state index contributed by atoms with van der Waals surface area (Å²) >= 11 is 0. The van der Waals surface area contributed by atoms with E-state index in [-0.39, 0.29) is 12.1 Å². The molecular formula is C28H44O2. The van der Waals surface area contributed by atoms with Crippen LogP contribution in [0.25, 0.3) is 0 Å². The Morgan fingerprint density at radius 3 is 2.03 bits per heavy atom. The Morgan fingerprint density at radius 2 is 1.30 bits per heavy atom. The van der Waals surface area contributed by atoms with Crippen molar-refractivity contribution in [3.05, 3.63) is 0 Å². The van der Waals surface area contributed by atoms with Crippen LogP contribution >= 0.6 is 0 Å². The summed E-state index contributed by atoms with van der Waals surface area (Å²) in [4.78, 5) is 11.5. The van der Waals surface area contributed by atoms with Crippen molar-refractivity contribution < 1.29 is 9.53 Å². The van der Waals surface area contributed by atoms with E-state index in [1.54, 1.807) is 19.8 Å². The van der Waals surface area contributed by atoms with Gasteiger partial charge >= 0.3 is 5.97 Å². The zero-order valence-electron chi connectivity index (χ0n) is 19.7. The SMILES string of the molecule is CC(=O)OC1CCC2C(CCC3C2CCC2C3CCC3CCC(C)(C4(C)CC4)C32)C1. The van der Waals surface area contributed by atoms with Crippen LogP contribution in [0.4, 0.5) is 0 Å². The van der Waals surface area contributed by atoms with Gasteiger partial charge in [-0.3, -0.25) is 4.79 Å². The van der Waals surface area contributed by atoms with Crippen molar-refractivity contribution in [1.82, 2.24) is 0 Å². The summed E-state index contributed by atoms with van der Waals surface area (Å²) in [6.45, 7) is 6.95. The molecule has 2 heteroatoms. The van der Waals surface area contributed by atoms with Crippen LogP contribution in [0.2, 0.25) is 0 Å². The van der Waals surface area contributed by atoms with Crippen molar-refractivity contribution in [2.45, 2.75) is 110 Å². The molecule has 168 valence electrons. The van der Waals surface area contributed by atoms with Gasteiger partial charge in [-0.05, 0) is 142 Å². The molecule has 0 aromatic heterocycles. The molecule has 0 aromatic carbocycles. The molecule has 0 N–H and O–H groups in total. The predicted molar refractivity (Wildman–Crippen MR) is 120 cm³/mol. The molecule has 0 aromatic rings. The first kappa shape index (κ1) is 20.1. The fourth-order valence-corrected chi connectivity index (χ4v) is 10.5. The van der Waals surface area contributed by atoms with Crippen LogP contribution in [0.3, 0.4) is 0 Å². The zero-order chi connectivity index (χ0) is 20.7. The Bertz CT molecular complexity index is 695. The number of carbonyl (C=O) groups is 1. The lowest BCUT2D eigenvalue weighted by Crippen LogP contribution is -2.52. The molecule has 0 spiro atoms. The van der Waals surface area contributed by atoms with E-state index in [9.17, 15) is 4.79 Å². The standard InChI is InChI=1S/C28H44O2/c1-17(29)30-20-6-9-21-19(16-20)5-8-23-22(21)10-11-25-24(23)7-4-18-12-13-28(3,26(18)25)27(2)14-15-27/h18-26H,4-16H2,1-3H3. The van der Waals surface area contributed by atoms with E-state index in [1.807, 2.05) is 0 Å². The van der Waals surface area contributed by atoms with Crippen molar-refractivity contribution in [1.29, 1.82) is 0 Å². The van der Waals surface area contributed by atoms with E-state index in [4.69, 9.17) is 4.74 Å². The molecule has 0 amide bonds. The molecular weight excluding hydrogens is 368 g/mol. The number of fused-ring (bicyclic) bond motifs is 7. The third-order valence-electron chi connectivity index (χ3n) is 12.2. The van der Waals surface area contributed by atoms with Crippen LogP contribution < -0.4 is 0 Å². The molecule has 10 unspecified atom stereocenters. The largest absolute Gasteiger partial charge is 0.463 e. The minimum atomic E-state index is -0.0756. The van der Waals surface area contributed by atoms with Gasteiger partial charge in [0.1, 0.15) is 6.10 Å². The number of ether oxygens (including phenoxy) is 1. The van der Waals surface area contributed by atoms with E-state index >= 15 is 0 Å². The molecule has 0 aliphatic heterocycles. The van der Waals surface area contributed by atoms with Gasteiger partial charge in [0.2, 0.25) is 0 Å². The van der Waals surface area contributed by atoms with Crippen molar-refractivity contribution in [3.8, 4) is 0 Å². The topological polar surface area (TPSA) is 26.3 Å². The van der Waals surface area contributed by atoms with E-state index < -0.39 is 0 Å². The van der Waals surface area contributed by atoms with Gasteiger partial charge in [-0.15, -0.1) is 0 Å². The second-order valence-corrected chi connectivity index (χ2v) is 13.2. The quantitative estimate of drug-likeness (QED) is 0.456. The van der Waals surface area contributed by atoms with Crippen LogP contribution in [0.1, 0.15) is 104 Å². The molecule has 6 aliphatic carbocycles. The minimum Gasteiger partial charge on any atom is -0.463 e. The zero-order valence-corrected chi connectivity index (χ0v) is 19.7. The van der Waals surface area contributed by atoms with Gasteiger partial charge in [-0.2, -0.15) is 0 Å². The van der Waals surface area contributed by atoms with Gasteiger partial charge < -0.3 is 4.74 Å². The van der Waals surface area contributed by atoms with E-state index in [0.717, 1.165) is 60.2 Å². The Labute approximate surface area is 184 Å². The van der Waals surface area contributed by atoms with Crippen molar-refractivity contribution >= 4 is 5.97 Å². The lowest BCUT2D eigenvalue weighted by Gasteiger charge is -2.59. The van der Waals surface area contributed by atoms with Crippen LogP contribution in [-0.4, -0.2) is 12.1 Å². The second-order valence-electron chi connectivity index (χ2n) is 13.2. The second kappa shape index (κ2) is 6.98. The van der Waals surface area contributed by atoms with Crippen molar-refractivity contribution in [2.24, 2.45) is 58.2 Å². The summed E-state index contributed by atoms with van der Waals surface area (Å²) in [5, 5.41) is 0. The molecule has 30 heavy (non-hydrogen) atoms. The highest BCUT2D eigenvalue weighted by atomic mass is 16.5. The summed E-state index contributed by atoms with van der Waals surface area (Å²) in [6.07, 6.45) is 18.9. The maximum absolute atomic E-state index is 11.5. The number of hydrogen-bond acceptors (Lipinski definition) is 2. The van der Waals surface area contributed by atoms with Gasteiger partial charge in [-0.25, -0.2) is 0 Å². The highest BCUT2D eigenvalue weighted by Gasteiger charge is 2.64. The monoisotopic (exact) mass is 412 g/mol. The van der Waals surface area contributed by atoms with Crippen molar-refractivity contribution in [2.75, 3.05) is 0 Å². The highest BCUT2D eigenvalue weighted by Crippen LogP contribution is 2.73. The first-order valence-corrected chi connectivity index (χ1v) is 13.6. The van der Waals surface area contributed by atoms with Crippen LogP contribution in [0.15, 0.2) is 0 Å². The third kappa shape index (κ3) is 2.90. The van der Waals surface area contributed by atoms with Gasteiger partial charge in [-0.1, -0.05) is 13.8 Å². The number of carbonyl (C=O) groups excluding carboxylic acids is 1. The molecule has 6 saturated carbocycles. The Kier molecular flexibility index (Phi) is 4.68. The summed E-state index contributed by atoms with van der Waals surface area (Å²) in [5.41, 5.74) is 1.32. The Morgan fingerprint density at radius 1 is 0.700 bits per heavy atom. The molecule has 0 heterocycles. The molecule has 6 rings (SSSR count). The van der Waals surface area contributed by atoms with E-state index in [2.05, 4.69) is 13.8 Å². The predicted octanol–water partition coefficient (Wildman–Crippen LogP) is 7.01. The van der Waals surface area contributed by atoms with Crippen LogP contribution in [-0.2, 0) is 9.53 Å². The average molecular weight is 413 g/mol. The molecule has 10 atom stereocenters. The average Bonchev–Trinajstić information content (AvgIpc) is 3.39. The van der Waals surface area contributed by atoms with Crippen molar-refractivity contribution in [3.63, 3.8) is 0 Å². The fourth-order valence-electron chi connectivity index (χ4n) is 10.5. The van der Waals surface area contributed by atoms with Gasteiger partial charge in [0.15, 0.2) is 0 Å². The van der Waals surface area contributed by atoms with E-state index in [0.29, 0.717) is 10.8 Å². The molecule has 0 bridgehead atoms. The summed E-state index contributed by atoms with van der Waals surface area (Å²) in [7, 11) is 0. The number of esters is 1. The third-order valence-corrected chi connectivity index (χ3v) is 12.2. The first-order valence-electron chi connectivity index (χ1n) is 13.6. The molecule has 6 aliphatic rings. The normalized spacial score (nSPS) is 53.6. The molecule has 0 saturated heterocycles. The summed E-state index contributed by atoms with van der Waals surface area (Å²) < 4.78 is 5.63. The Balaban J connectivity index is 1.20.